The van der Waals surface area contributed by atoms with Gasteiger partial charge >= 0.3 is 0 Å². The summed E-state index contributed by atoms with van der Waals surface area (Å²) in [5, 5.41) is 3.05. The van der Waals surface area contributed by atoms with Crippen molar-refractivity contribution in [1.29, 1.82) is 0 Å². The molecule has 2 atom stereocenters. The fourth-order valence-corrected chi connectivity index (χ4v) is 3.26. The molecule has 0 radical (unpaired) electrons. The Bertz CT molecular complexity index is 252. The van der Waals surface area contributed by atoms with Gasteiger partial charge in [0.2, 0.25) is 5.91 Å². The van der Waals surface area contributed by atoms with Gasteiger partial charge in [0.25, 0.3) is 0 Å². The summed E-state index contributed by atoms with van der Waals surface area (Å²) in [6.07, 6.45) is 8.09. The highest BCUT2D eigenvalue weighted by atomic mass is 32.2. The van der Waals surface area contributed by atoms with Gasteiger partial charge < -0.3 is 11.1 Å². The van der Waals surface area contributed by atoms with Gasteiger partial charge in [-0.1, -0.05) is 33.1 Å². The molecular weight excluding hydrogens is 232 g/mol. The van der Waals surface area contributed by atoms with Crippen molar-refractivity contribution in [1.82, 2.24) is 5.32 Å². The molecule has 3 N–H and O–H groups in total. The van der Waals surface area contributed by atoms with Crippen LogP contribution in [0, 0.1) is 5.92 Å². The maximum absolute atomic E-state index is 11.9. The minimum Gasteiger partial charge on any atom is -0.353 e. The zero-order chi connectivity index (χ0) is 12.9. The van der Waals surface area contributed by atoms with Crippen LogP contribution in [0.2, 0.25) is 0 Å². The van der Waals surface area contributed by atoms with E-state index in [0.29, 0.717) is 0 Å². The molecule has 1 saturated carbocycles. The normalized spacial score (nSPS) is 22.1. The van der Waals surface area contributed by atoms with Crippen LogP contribution >= 0.6 is 11.8 Å². The van der Waals surface area contributed by atoms with E-state index >= 15 is 0 Å². The van der Waals surface area contributed by atoms with Crippen LogP contribution in [-0.2, 0) is 4.79 Å². The smallest absolute Gasteiger partial charge is 0.237 e. The van der Waals surface area contributed by atoms with E-state index in [4.69, 9.17) is 5.73 Å². The van der Waals surface area contributed by atoms with E-state index in [9.17, 15) is 4.79 Å². The van der Waals surface area contributed by atoms with Gasteiger partial charge in [-0.05, 0) is 25.0 Å². The van der Waals surface area contributed by atoms with Crippen LogP contribution in [0.25, 0.3) is 0 Å². The van der Waals surface area contributed by atoms with Gasteiger partial charge in [0.05, 0.1) is 6.04 Å². The number of nitrogens with two attached hydrogens (primary N) is 1. The van der Waals surface area contributed by atoms with Crippen LogP contribution in [0.5, 0.6) is 0 Å². The van der Waals surface area contributed by atoms with Crippen LogP contribution in [0.4, 0.5) is 0 Å². The lowest BCUT2D eigenvalue weighted by atomic mass is 9.99. The molecule has 0 aliphatic heterocycles. The Balaban J connectivity index is 2.41. The Hall–Kier alpha value is -0.220. The number of amides is 1. The first-order valence-electron chi connectivity index (χ1n) is 6.63. The highest BCUT2D eigenvalue weighted by Gasteiger charge is 2.33. The predicted molar refractivity (Wildman–Crippen MR) is 75.2 cm³/mol. The van der Waals surface area contributed by atoms with Crippen molar-refractivity contribution < 1.29 is 4.79 Å². The summed E-state index contributed by atoms with van der Waals surface area (Å²) in [5.74, 6) is 0.267. The molecule has 4 heteroatoms. The summed E-state index contributed by atoms with van der Waals surface area (Å²) in [6, 6.07) is -0.361. The molecule has 0 spiro atoms. The van der Waals surface area contributed by atoms with E-state index in [-0.39, 0.29) is 22.6 Å². The van der Waals surface area contributed by atoms with Gasteiger partial charge in [-0.25, -0.2) is 0 Å². The summed E-state index contributed by atoms with van der Waals surface area (Å²) >= 11 is 1.89. The molecule has 0 saturated heterocycles. The van der Waals surface area contributed by atoms with Crippen LogP contribution in [0.3, 0.4) is 0 Å². The molecule has 2 unspecified atom stereocenters. The van der Waals surface area contributed by atoms with Crippen molar-refractivity contribution in [3.63, 3.8) is 0 Å². The van der Waals surface area contributed by atoms with E-state index in [2.05, 4.69) is 18.5 Å². The molecule has 17 heavy (non-hydrogen) atoms. The van der Waals surface area contributed by atoms with Gasteiger partial charge in [-0.15, -0.1) is 0 Å². The number of thioether (sulfide) groups is 1. The van der Waals surface area contributed by atoms with Crippen molar-refractivity contribution in [3.05, 3.63) is 0 Å². The summed E-state index contributed by atoms with van der Waals surface area (Å²) in [5.41, 5.74) is 5.92. The molecule has 0 aromatic rings. The Morgan fingerprint density at radius 1 is 1.47 bits per heavy atom. The highest BCUT2D eigenvalue weighted by Crippen LogP contribution is 2.39. The third-order valence-corrected chi connectivity index (χ3v) is 5.51. The number of carbonyl (C=O) groups excluding carboxylic acids is 1. The third kappa shape index (κ3) is 3.88. The van der Waals surface area contributed by atoms with Gasteiger partial charge in [0.15, 0.2) is 0 Å². The van der Waals surface area contributed by atoms with Crippen molar-refractivity contribution in [2.45, 2.75) is 56.7 Å². The van der Waals surface area contributed by atoms with Crippen LogP contribution in [0.15, 0.2) is 0 Å². The third-order valence-electron chi connectivity index (χ3n) is 4.09. The van der Waals surface area contributed by atoms with Gasteiger partial charge in [0.1, 0.15) is 0 Å². The van der Waals surface area contributed by atoms with E-state index in [1.807, 2.05) is 18.7 Å². The van der Waals surface area contributed by atoms with Crippen LogP contribution in [-0.4, -0.2) is 29.5 Å². The predicted octanol–water partition coefficient (Wildman–Crippen LogP) is 2.15. The molecule has 1 aliphatic carbocycles. The van der Waals surface area contributed by atoms with Gasteiger partial charge in [0, 0.05) is 11.3 Å². The zero-order valence-corrected chi connectivity index (χ0v) is 12.1. The number of hydrogen-bond donors (Lipinski definition) is 2. The van der Waals surface area contributed by atoms with Gasteiger partial charge in [-0.2, -0.15) is 11.8 Å². The van der Waals surface area contributed by atoms with Crippen molar-refractivity contribution in [2.75, 3.05) is 12.8 Å². The van der Waals surface area contributed by atoms with Crippen molar-refractivity contribution >= 4 is 17.7 Å². The Morgan fingerprint density at radius 3 is 2.53 bits per heavy atom. The fraction of sp³-hybridized carbons (Fsp3) is 0.923. The number of rotatable bonds is 6. The molecule has 1 amide bonds. The molecule has 100 valence electrons. The average Bonchev–Trinajstić information content (AvgIpc) is 2.83. The van der Waals surface area contributed by atoms with E-state index in [1.165, 1.54) is 25.7 Å². The maximum atomic E-state index is 11.9. The lowest BCUT2D eigenvalue weighted by molar-refractivity contribution is -0.123. The summed E-state index contributed by atoms with van der Waals surface area (Å²) in [7, 11) is 0. The Morgan fingerprint density at radius 2 is 2.06 bits per heavy atom. The van der Waals surface area contributed by atoms with Crippen molar-refractivity contribution in [2.24, 2.45) is 11.7 Å². The SMILES string of the molecule is CCC(C)C(N)C(=O)NCC1(SC)CCCC1. The van der Waals surface area contributed by atoms with Crippen LogP contribution < -0.4 is 11.1 Å². The lowest BCUT2D eigenvalue weighted by Crippen LogP contribution is -2.48. The molecule has 0 bridgehead atoms. The summed E-state index contributed by atoms with van der Waals surface area (Å²) < 4.78 is 0.269. The van der Waals surface area contributed by atoms with Crippen LogP contribution in [0.1, 0.15) is 46.0 Å². The Labute approximate surface area is 109 Å². The summed E-state index contributed by atoms with van der Waals surface area (Å²) in [4.78, 5) is 11.9. The first-order chi connectivity index (χ1) is 8.04. The second-order valence-corrected chi connectivity index (χ2v) is 6.50. The molecule has 1 rings (SSSR count). The highest BCUT2D eigenvalue weighted by molar-refractivity contribution is 8.00. The monoisotopic (exact) mass is 258 g/mol. The second kappa shape index (κ2) is 6.64. The van der Waals surface area contributed by atoms with Gasteiger partial charge in [-0.3, -0.25) is 4.79 Å². The molecular formula is C13H26N2OS. The minimum atomic E-state index is -0.361. The summed E-state index contributed by atoms with van der Waals surface area (Å²) in [6.45, 7) is 4.87. The lowest BCUT2D eigenvalue weighted by Gasteiger charge is -2.28. The molecule has 0 heterocycles. The first kappa shape index (κ1) is 14.8. The second-order valence-electron chi connectivity index (χ2n) is 5.22. The fourth-order valence-electron chi connectivity index (χ4n) is 2.35. The number of carbonyl (C=O) groups is 1. The van der Waals surface area contributed by atoms with E-state index < -0.39 is 0 Å². The number of hydrogen-bond acceptors (Lipinski definition) is 3. The topological polar surface area (TPSA) is 55.1 Å². The minimum absolute atomic E-state index is 0.0136. The van der Waals surface area contributed by atoms with E-state index in [1.54, 1.807) is 0 Å². The molecule has 3 nitrogen and oxygen atoms in total. The molecule has 0 aromatic heterocycles. The zero-order valence-electron chi connectivity index (χ0n) is 11.3. The van der Waals surface area contributed by atoms with Crippen molar-refractivity contribution in [3.8, 4) is 0 Å². The first-order valence-corrected chi connectivity index (χ1v) is 7.85. The maximum Gasteiger partial charge on any atom is 0.237 e. The van der Waals surface area contributed by atoms with E-state index in [0.717, 1.165) is 13.0 Å². The molecule has 1 fully saturated rings. The standard InChI is InChI=1S/C13H26N2OS/c1-4-10(2)11(14)12(16)15-9-13(17-3)7-5-6-8-13/h10-11H,4-9,14H2,1-3H3,(H,15,16). The molecule has 1 aliphatic rings. The average molecular weight is 258 g/mol. The largest absolute Gasteiger partial charge is 0.353 e. The number of nitrogens with one attached hydrogen (secondary N) is 1. The quantitative estimate of drug-likeness (QED) is 0.767. The Kier molecular flexibility index (Phi) is 5.80. The molecule has 0 aromatic carbocycles.